The highest BCUT2D eigenvalue weighted by atomic mass is 16.5. The van der Waals surface area contributed by atoms with Crippen molar-refractivity contribution in [3.05, 3.63) is 29.3 Å². The fourth-order valence-electron chi connectivity index (χ4n) is 1.98. The van der Waals surface area contributed by atoms with Crippen molar-refractivity contribution in [2.75, 3.05) is 13.7 Å². The normalized spacial score (nSPS) is 15.1. The maximum atomic E-state index is 5.45. The Morgan fingerprint density at radius 2 is 2.19 bits per heavy atom. The van der Waals surface area contributed by atoms with E-state index in [0.717, 1.165) is 24.8 Å². The van der Waals surface area contributed by atoms with E-state index in [9.17, 15) is 0 Å². The van der Waals surface area contributed by atoms with E-state index in [-0.39, 0.29) is 0 Å². The molecule has 1 aromatic carbocycles. The summed E-state index contributed by atoms with van der Waals surface area (Å²) < 4.78 is 5.45. The van der Waals surface area contributed by atoms with Crippen molar-refractivity contribution in [1.82, 2.24) is 5.32 Å². The van der Waals surface area contributed by atoms with E-state index in [2.05, 4.69) is 30.4 Å². The van der Waals surface area contributed by atoms with Crippen molar-refractivity contribution >= 4 is 0 Å². The highest BCUT2D eigenvalue weighted by Crippen LogP contribution is 2.41. The number of rotatable bonds is 6. The molecule has 0 heterocycles. The summed E-state index contributed by atoms with van der Waals surface area (Å²) in [6, 6.07) is 6.67. The minimum absolute atomic E-state index is 0.798. The van der Waals surface area contributed by atoms with Gasteiger partial charge in [0.05, 0.1) is 7.11 Å². The van der Waals surface area contributed by atoms with E-state index in [4.69, 9.17) is 4.74 Å². The number of ether oxygens (including phenoxy) is 1. The number of methoxy groups -OCH3 is 1. The molecule has 0 saturated heterocycles. The summed E-state index contributed by atoms with van der Waals surface area (Å²) in [6.07, 6.45) is 3.86. The van der Waals surface area contributed by atoms with Gasteiger partial charge in [-0.1, -0.05) is 19.1 Å². The van der Waals surface area contributed by atoms with Gasteiger partial charge >= 0.3 is 0 Å². The highest BCUT2D eigenvalue weighted by Gasteiger charge is 2.24. The monoisotopic (exact) mass is 219 g/mol. The van der Waals surface area contributed by atoms with Crippen LogP contribution in [0.15, 0.2) is 18.2 Å². The summed E-state index contributed by atoms with van der Waals surface area (Å²) in [6.45, 7) is 4.15. The maximum absolute atomic E-state index is 5.45. The van der Waals surface area contributed by atoms with Crippen LogP contribution in [0.25, 0.3) is 0 Å². The van der Waals surface area contributed by atoms with Crippen LogP contribution in [0.1, 0.15) is 43.2 Å². The van der Waals surface area contributed by atoms with Crippen LogP contribution in [0, 0.1) is 0 Å². The van der Waals surface area contributed by atoms with Crippen molar-refractivity contribution in [1.29, 1.82) is 0 Å². The number of benzene rings is 1. The standard InChI is InChI=1S/C14H21NO/c1-3-8-15-10-13-7-6-12(11-4-5-11)9-14(13)16-2/h6-7,9,11,15H,3-5,8,10H2,1-2H3. The van der Waals surface area contributed by atoms with Crippen LogP contribution in [0.3, 0.4) is 0 Å². The minimum atomic E-state index is 0.798. The molecule has 88 valence electrons. The summed E-state index contributed by atoms with van der Waals surface area (Å²) in [5.41, 5.74) is 2.71. The first-order valence-electron chi connectivity index (χ1n) is 6.22. The van der Waals surface area contributed by atoms with Gasteiger partial charge in [-0.25, -0.2) is 0 Å². The van der Waals surface area contributed by atoms with Crippen molar-refractivity contribution in [3.63, 3.8) is 0 Å². The molecule has 0 aliphatic heterocycles. The molecule has 1 aliphatic rings. The quantitative estimate of drug-likeness (QED) is 0.742. The lowest BCUT2D eigenvalue weighted by Gasteiger charge is -2.11. The van der Waals surface area contributed by atoms with Gasteiger partial charge < -0.3 is 10.1 Å². The Bertz CT molecular complexity index is 345. The molecule has 16 heavy (non-hydrogen) atoms. The van der Waals surface area contributed by atoms with Gasteiger partial charge in [0.25, 0.3) is 0 Å². The zero-order chi connectivity index (χ0) is 11.4. The molecular weight excluding hydrogens is 198 g/mol. The Hall–Kier alpha value is -1.02. The van der Waals surface area contributed by atoms with E-state index >= 15 is 0 Å². The summed E-state index contributed by atoms with van der Waals surface area (Å²) in [5, 5.41) is 3.41. The first-order valence-corrected chi connectivity index (χ1v) is 6.22. The maximum Gasteiger partial charge on any atom is 0.123 e. The van der Waals surface area contributed by atoms with Crippen LogP contribution < -0.4 is 10.1 Å². The molecule has 0 bridgehead atoms. The van der Waals surface area contributed by atoms with Gasteiger partial charge in [-0.2, -0.15) is 0 Å². The first-order chi connectivity index (χ1) is 7.85. The Balaban J connectivity index is 2.05. The van der Waals surface area contributed by atoms with Gasteiger partial charge in [-0.15, -0.1) is 0 Å². The lowest BCUT2D eigenvalue weighted by atomic mass is 10.1. The van der Waals surface area contributed by atoms with Crippen LogP contribution in [0.5, 0.6) is 5.75 Å². The Morgan fingerprint density at radius 1 is 1.38 bits per heavy atom. The van der Waals surface area contributed by atoms with Gasteiger partial charge in [0.2, 0.25) is 0 Å². The zero-order valence-corrected chi connectivity index (χ0v) is 10.3. The summed E-state index contributed by atoms with van der Waals surface area (Å²) in [4.78, 5) is 0. The van der Waals surface area contributed by atoms with Gasteiger partial charge in [-0.3, -0.25) is 0 Å². The average Bonchev–Trinajstić information content (AvgIpc) is 3.13. The minimum Gasteiger partial charge on any atom is -0.496 e. The molecule has 1 N–H and O–H groups in total. The van der Waals surface area contributed by atoms with Crippen molar-refractivity contribution < 1.29 is 4.74 Å². The molecule has 1 aliphatic carbocycles. The van der Waals surface area contributed by atoms with Gasteiger partial charge in [0.15, 0.2) is 0 Å². The average molecular weight is 219 g/mol. The molecule has 1 fully saturated rings. The Labute approximate surface area is 98.0 Å². The van der Waals surface area contributed by atoms with Crippen molar-refractivity contribution in [2.45, 2.75) is 38.6 Å². The lowest BCUT2D eigenvalue weighted by Crippen LogP contribution is -2.14. The van der Waals surface area contributed by atoms with Gasteiger partial charge in [0.1, 0.15) is 5.75 Å². The second kappa shape index (κ2) is 5.35. The third kappa shape index (κ3) is 2.76. The van der Waals surface area contributed by atoms with Crippen molar-refractivity contribution in [3.8, 4) is 5.75 Å². The molecule has 0 radical (unpaired) electrons. The van der Waals surface area contributed by atoms with E-state index in [1.807, 2.05) is 0 Å². The molecule has 0 atom stereocenters. The second-order valence-electron chi connectivity index (χ2n) is 4.52. The highest BCUT2D eigenvalue weighted by molar-refractivity contribution is 5.40. The van der Waals surface area contributed by atoms with Crippen LogP contribution in [-0.4, -0.2) is 13.7 Å². The Morgan fingerprint density at radius 3 is 2.81 bits per heavy atom. The molecule has 1 aromatic rings. The SMILES string of the molecule is CCCNCc1ccc(C2CC2)cc1OC. The molecule has 0 spiro atoms. The molecule has 0 amide bonds. The smallest absolute Gasteiger partial charge is 0.123 e. The molecule has 2 rings (SSSR count). The van der Waals surface area contributed by atoms with Crippen LogP contribution in [-0.2, 0) is 6.54 Å². The molecule has 0 aromatic heterocycles. The third-order valence-electron chi connectivity index (χ3n) is 3.10. The van der Waals surface area contributed by atoms with Crippen LogP contribution in [0.4, 0.5) is 0 Å². The number of hydrogen-bond acceptors (Lipinski definition) is 2. The van der Waals surface area contributed by atoms with Crippen LogP contribution in [0.2, 0.25) is 0 Å². The summed E-state index contributed by atoms with van der Waals surface area (Å²) in [7, 11) is 1.76. The lowest BCUT2D eigenvalue weighted by molar-refractivity contribution is 0.407. The Kier molecular flexibility index (Phi) is 3.83. The number of hydrogen-bond donors (Lipinski definition) is 1. The molecular formula is C14H21NO. The molecule has 0 unspecified atom stereocenters. The fraction of sp³-hybridized carbons (Fsp3) is 0.571. The second-order valence-corrected chi connectivity index (χ2v) is 4.52. The third-order valence-corrected chi connectivity index (χ3v) is 3.10. The summed E-state index contributed by atoms with van der Waals surface area (Å²) >= 11 is 0. The van der Waals surface area contributed by atoms with Gasteiger partial charge in [0, 0.05) is 12.1 Å². The van der Waals surface area contributed by atoms with Gasteiger partial charge in [-0.05, 0) is 43.4 Å². The predicted octanol–water partition coefficient (Wildman–Crippen LogP) is 3.07. The van der Waals surface area contributed by atoms with Crippen molar-refractivity contribution in [2.24, 2.45) is 0 Å². The van der Waals surface area contributed by atoms with Crippen LogP contribution >= 0.6 is 0 Å². The topological polar surface area (TPSA) is 21.3 Å². The predicted molar refractivity (Wildman–Crippen MR) is 67.0 cm³/mol. The largest absolute Gasteiger partial charge is 0.496 e. The molecule has 2 nitrogen and oxygen atoms in total. The fourth-order valence-corrected chi connectivity index (χ4v) is 1.98. The molecule has 2 heteroatoms. The molecule has 1 saturated carbocycles. The zero-order valence-electron chi connectivity index (χ0n) is 10.3. The first kappa shape index (κ1) is 11.5. The van der Waals surface area contributed by atoms with E-state index in [1.54, 1.807) is 7.11 Å². The van der Waals surface area contributed by atoms with E-state index in [0.29, 0.717) is 0 Å². The van der Waals surface area contributed by atoms with E-state index < -0.39 is 0 Å². The number of nitrogens with one attached hydrogen (secondary N) is 1. The summed E-state index contributed by atoms with van der Waals surface area (Å²) in [5.74, 6) is 1.83. The van der Waals surface area contributed by atoms with E-state index in [1.165, 1.54) is 30.4 Å².